The maximum absolute atomic E-state index is 10.4. The number of hydrogen-bond donors (Lipinski definition) is 1. The van der Waals surface area contributed by atoms with Gasteiger partial charge in [-0.15, -0.1) is 0 Å². The van der Waals surface area contributed by atoms with Crippen molar-refractivity contribution >= 4 is 21.3 Å². The quantitative estimate of drug-likeness (QED) is 0.641. The van der Waals surface area contributed by atoms with Crippen LogP contribution in [0, 0.1) is 11.8 Å². The van der Waals surface area contributed by atoms with Gasteiger partial charge < -0.3 is 12.6 Å². The molecule has 0 spiro atoms. The molecule has 4 unspecified atom stereocenters. The largest absolute Gasteiger partial charge is 0.467 e. The van der Waals surface area contributed by atoms with Gasteiger partial charge in [-0.1, -0.05) is 24.3 Å². The highest BCUT2D eigenvalue weighted by atomic mass is 127. The molecule has 3 heterocycles. The fourth-order valence-electron chi connectivity index (χ4n) is 3.22. The van der Waals surface area contributed by atoms with E-state index in [1.165, 1.54) is 5.70 Å². The van der Waals surface area contributed by atoms with Gasteiger partial charge in [-0.25, -0.2) is 3.15 Å². The van der Waals surface area contributed by atoms with E-state index in [1.54, 1.807) is 6.26 Å². The van der Waals surface area contributed by atoms with Gasteiger partial charge in [0.05, 0.1) is 18.5 Å². The second-order valence-corrected chi connectivity index (χ2v) is 7.28. The van der Waals surface area contributed by atoms with E-state index in [1.807, 2.05) is 18.3 Å². The van der Waals surface area contributed by atoms with Crippen molar-refractivity contribution in [1.29, 1.82) is 0 Å². The Labute approximate surface area is 128 Å². The molecule has 0 saturated carbocycles. The summed E-state index contributed by atoms with van der Waals surface area (Å²) in [7, 11) is 0. The predicted octanol–water partition coefficient (Wildman–Crippen LogP) is 3.67. The van der Waals surface area contributed by atoms with Crippen LogP contribution in [-0.2, 0) is 0 Å². The van der Waals surface area contributed by atoms with Crippen LogP contribution in [0.2, 0.25) is 0 Å². The standard InChI is InChI=1S/C15H15IN2O2/c19-14(15-6-3-7-20-15)8-11-10-4-1-2-5-12(10)18-13(11)9-17-16-18/h1-7,9-12,14,19H,8H2. The average Bonchev–Trinajstić information content (AvgIpc) is 3.17. The van der Waals surface area contributed by atoms with Crippen LogP contribution in [0.15, 0.2) is 62.2 Å². The number of rotatable bonds is 3. The van der Waals surface area contributed by atoms with Crippen molar-refractivity contribution in [3.63, 3.8) is 0 Å². The van der Waals surface area contributed by atoms with Crippen molar-refractivity contribution in [3.8, 4) is 0 Å². The van der Waals surface area contributed by atoms with Gasteiger partial charge in [0.25, 0.3) is 0 Å². The first-order valence-corrected chi connectivity index (χ1v) is 8.68. The molecular formula is C15H15IN2O2. The molecule has 4 atom stereocenters. The highest BCUT2D eigenvalue weighted by Gasteiger charge is 2.45. The van der Waals surface area contributed by atoms with E-state index in [0.29, 0.717) is 30.1 Å². The van der Waals surface area contributed by atoms with Crippen molar-refractivity contribution in [3.05, 3.63) is 60.4 Å². The summed E-state index contributed by atoms with van der Waals surface area (Å²) in [6.45, 7) is 0. The zero-order chi connectivity index (χ0) is 13.5. The van der Waals surface area contributed by atoms with E-state index in [4.69, 9.17) is 4.42 Å². The van der Waals surface area contributed by atoms with Gasteiger partial charge >= 0.3 is 0 Å². The molecule has 0 bridgehead atoms. The van der Waals surface area contributed by atoms with Crippen LogP contribution in [0.25, 0.3) is 0 Å². The minimum absolute atomic E-state index is 0.271. The molecule has 1 aromatic rings. The maximum atomic E-state index is 10.4. The van der Waals surface area contributed by atoms with Crippen molar-refractivity contribution < 1.29 is 9.52 Å². The SMILES string of the molecule is OC(CC1C2=CN=IN2C2C=CC=CC12)c1ccco1. The van der Waals surface area contributed by atoms with E-state index >= 15 is 0 Å². The van der Waals surface area contributed by atoms with E-state index in [9.17, 15) is 5.11 Å². The molecular weight excluding hydrogens is 367 g/mol. The number of aliphatic hydroxyl groups excluding tert-OH is 1. The molecule has 3 aliphatic rings. The molecule has 4 rings (SSSR count). The molecule has 4 nitrogen and oxygen atoms in total. The van der Waals surface area contributed by atoms with Gasteiger partial charge in [-0.2, -0.15) is 0 Å². The normalized spacial score (nSPS) is 31.8. The number of fused-ring (bicyclic) bond motifs is 3. The predicted molar refractivity (Wildman–Crippen MR) is 83.7 cm³/mol. The zero-order valence-electron chi connectivity index (χ0n) is 10.8. The number of nitrogens with zero attached hydrogens (tertiary/aromatic N) is 2. The van der Waals surface area contributed by atoms with E-state index in [0.717, 1.165) is 0 Å². The summed E-state index contributed by atoms with van der Waals surface area (Å²) < 4.78 is 12.3. The third-order valence-electron chi connectivity index (χ3n) is 4.15. The van der Waals surface area contributed by atoms with Crippen LogP contribution in [0.1, 0.15) is 18.3 Å². The summed E-state index contributed by atoms with van der Waals surface area (Å²) in [5, 5.41) is 10.4. The number of furan rings is 1. The Balaban J connectivity index is 1.61. The highest BCUT2D eigenvalue weighted by molar-refractivity contribution is 14.1. The lowest BCUT2D eigenvalue weighted by Crippen LogP contribution is -2.23. The minimum atomic E-state index is -0.547. The van der Waals surface area contributed by atoms with Gasteiger partial charge in [-0.05, 0) is 18.6 Å². The Morgan fingerprint density at radius 1 is 1.40 bits per heavy atom. The van der Waals surface area contributed by atoms with Gasteiger partial charge in [0.15, 0.2) is 0 Å². The summed E-state index contributed by atoms with van der Waals surface area (Å²) in [6, 6.07) is 4.09. The third-order valence-corrected chi connectivity index (χ3v) is 6.35. The fourth-order valence-corrected chi connectivity index (χ4v) is 5.47. The molecule has 0 aromatic carbocycles. The molecule has 104 valence electrons. The van der Waals surface area contributed by atoms with Crippen molar-refractivity contribution in [2.45, 2.75) is 18.6 Å². The Morgan fingerprint density at radius 3 is 3.15 bits per heavy atom. The van der Waals surface area contributed by atoms with E-state index in [2.05, 4.69) is 30.6 Å². The monoisotopic (exact) mass is 382 g/mol. The second-order valence-electron chi connectivity index (χ2n) is 5.25. The van der Waals surface area contributed by atoms with E-state index < -0.39 is 6.10 Å². The Kier molecular flexibility index (Phi) is 3.11. The molecule has 0 amide bonds. The fraction of sp³-hybridized carbons (Fsp3) is 0.333. The lowest BCUT2D eigenvalue weighted by molar-refractivity contribution is 0.121. The molecule has 20 heavy (non-hydrogen) atoms. The Bertz CT molecular complexity index is 618. The molecule has 1 N–H and O–H groups in total. The van der Waals surface area contributed by atoms with Crippen molar-refractivity contribution in [2.24, 2.45) is 15.0 Å². The van der Waals surface area contributed by atoms with Gasteiger partial charge in [0.2, 0.25) is 0 Å². The van der Waals surface area contributed by atoms with Gasteiger partial charge in [0, 0.05) is 17.5 Å². The van der Waals surface area contributed by atoms with E-state index in [-0.39, 0.29) is 21.3 Å². The lowest BCUT2D eigenvalue weighted by Gasteiger charge is -2.22. The number of halogens is 1. The minimum Gasteiger partial charge on any atom is -0.467 e. The second kappa shape index (κ2) is 4.96. The Hall–Kier alpha value is -1.21. The molecule has 1 saturated heterocycles. The van der Waals surface area contributed by atoms with Crippen molar-refractivity contribution in [2.75, 3.05) is 0 Å². The summed E-state index contributed by atoms with van der Waals surface area (Å²) in [5.74, 6) is 1.43. The Morgan fingerprint density at radius 2 is 2.30 bits per heavy atom. The summed E-state index contributed by atoms with van der Waals surface area (Å²) in [5.41, 5.74) is 1.30. The average molecular weight is 382 g/mol. The third kappa shape index (κ3) is 1.91. The zero-order valence-corrected chi connectivity index (χ0v) is 12.9. The molecule has 1 aromatic heterocycles. The lowest BCUT2D eigenvalue weighted by atomic mass is 9.83. The first-order valence-electron chi connectivity index (χ1n) is 6.75. The first kappa shape index (κ1) is 12.5. The van der Waals surface area contributed by atoms with Crippen molar-refractivity contribution in [1.82, 2.24) is 3.11 Å². The van der Waals surface area contributed by atoms with Crippen LogP contribution < -0.4 is 0 Å². The van der Waals surface area contributed by atoms with Crippen LogP contribution in [-0.4, -0.2) is 14.3 Å². The van der Waals surface area contributed by atoms with Gasteiger partial charge in [0.1, 0.15) is 33.2 Å². The smallest absolute Gasteiger partial charge is 0.132 e. The first-order chi connectivity index (χ1) is 9.84. The highest BCUT2D eigenvalue weighted by Crippen LogP contribution is 2.50. The summed E-state index contributed by atoms with van der Waals surface area (Å²) >= 11 is -0.271. The molecule has 1 aliphatic carbocycles. The molecule has 2 aliphatic heterocycles. The van der Waals surface area contributed by atoms with Crippen LogP contribution >= 0.6 is 21.3 Å². The van der Waals surface area contributed by atoms with Crippen LogP contribution in [0.5, 0.6) is 0 Å². The van der Waals surface area contributed by atoms with Crippen LogP contribution in [0.3, 0.4) is 0 Å². The molecule has 5 heteroatoms. The van der Waals surface area contributed by atoms with Crippen LogP contribution in [0.4, 0.5) is 0 Å². The molecule has 1 fully saturated rings. The number of aliphatic hydroxyl groups is 1. The van der Waals surface area contributed by atoms with Gasteiger partial charge in [-0.3, -0.25) is 0 Å². The summed E-state index contributed by atoms with van der Waals surface area (Å²) in [4.78, 5) is 0. The summed E-state index contributed by atoms with van der Waals surface area (Å²) in [6.07, 6.45) is 12.5. The number of allylic oxidation sites excluding steroid dienone is 3. The maximum Gasteiger partial charge on any atom is 0.132 e. The molecule has 0 radical (unpaired) electrons. The number of hydrogen-bond acceptors (Lipinski definition) is 4. The topological polar surface area (TPSA) is 49.0 Å².